The molecule has 1 aromatic carbocycles. The van der Waals surface area contributed by atoms with E-state index in [-0.39, 0.29) is 12.4 Å². The van der Waals surface area contributed by atoms with Crippen LogP contribution in [0.15, 0.2) is 33.9 Å². The number of halogens is 1. The topological polar surface area (TPSA) is 114 Å². The highest BCUT2D eigenvalue weighted by Crippen LogP contribution is 2.13. The highest BCUT2D eigenvalue weighted by atomic mass is 35.5. The van der Waals surface area contributed by atoms with Crippen molar-refractivity contribution in [2.45, 2.75) is 11.8 Å². The molecule has 1 heterocycles. The lowest BCUT2D eigenvalue weighted by atomic mass is 10.3. The van der Waals surface area contributed by atoms with E-state index in [1.807, 2.05) is 0 Å². The van der Waals surface area contributed by atoms with Gasteiger partial charge in [0.25, 0.3) is 0 Å². The van der Waals surface area contributed by atoms with E-state index in [1.54, 1.807) is 24.3 Å². The lowest BCUT2D eigenvalue weighted by molar-refractivity contribution is 0.250. The summed E-state index contributed by atoms with van der Waals surface area (Å²) in [5, 5.41) is 12.0. The molecule has 2 N–H and O–H groups in total. The maximum Gasteiger partial charge on any atom is 0.335 e. The van der Waals surface area contributed by atoms with Gasteiger partial charge in [0.2, 0.25) is 15.7 Å². The van der Waals surface area contributed by atoms with Crippen molar-refractivity contribution in [3.8, 4) is 0 Å². The summed E-state index contributed by atoms with van der Waals surface area (Å²) >= 11 is 5.72. The number of sulfone groups is 1. The van der Waals surface area contributed by atoms with Gasteiger partial charge in [-0.1, -0.05) is 16.7 Å². The molecule has 0 saturated carbocycles. The summed E-state index contributed by atoms with van der Waals surface area (Å²) in [5.74, 6) is -0.0123. The third-order valence-electron chi connectivity index (χ3n) is 2.27. The number of hydrogen-bond acceptors (Lipinski definition) is 6. The standard InChI is InChI=1S/C11H11ClN4O4S/c1-21(18,19)11-16-15-9(20-11)6-13-10(17)14-8-4-2-7(12)3-5-8/h2-5H,6H2,1H3,(H2,13,14,17). The maximum atomic E-state index is 11.6. The molecule has 21 heavy (non-hydrogen) atoms. The van der Waals surface area contributed by atoms with Crippen molar-refractivity contribution in [2.24, 2.45) is 0 Å². The molecule has 1 aromatic heterocycles. The van der Waals surface area contributed by atoms with Crippen molar-refractivity contribution in [3.63, 3.8) is 0 Å². The number of aromatic nitrogens is 2. The molecule has 2 aromatic rings. The molecule has 0 radical (unpaired) electrons. The highest BCUT2D eigenvalue weighted by Gasteiger charge is 2.16. The number of anilines is 1. The first-order valence-electron chi connectivity index (χ1n) is 5.67. The van der Waals surface area contributed by atoms with Crippen LogP contribution in [0.3, 0.4) is 0 Å². The van der Waals surface area contributed by atoms with Crippen LogP contribution in [0.5, 0.6) is 0 Å². The number of rotatable bonds is 4. The number of carbonyl (C=O) groups is 1. The first-order chi connectivity index (χ1) is 9.84. The predicted octanol–water partition coefficient (Wildman–Crippen LogP) is 1.45. The summed E-state index contributed by atoms with van der Waals surface area (Å²) in [6.45, 7) is -0.0953. The summed E-state index contributed by atoms with van der Waals surface area (Å²) < 4.78 is 27.2. The van der Waals surface area contributed by atoms with Gasteiger partial charge in [0.15, 0.2) is 0 Å². The van der Waals surface area contributed by atoms with Crippen molar-refractivity contribution in [1.29, 1.82) is 0 Å². The molecule has 0 unspecified atom stereocenters. The molecule has 0 spiro atoms. The lowest BCUT2D eigenvalue weighted by Crippen LogP contribution is -2.28. The molecule has 0 aliphatic rings. The van der Waals surface area contributed by atoms with Gasteiger partial charge in [-0.3, -0.25) is 0 Å². The van der Waals surface area contributed by atoms with Crippen LogP contribution in [0.4, 0.5) is 10.5 Å². The van der Waals surface area contributed by atoms with E-state index in [0.717, 1.165) is 6.26 Å². The van der Waals surface area contributed by atoms with Gasteiger partial charge in [-0.05, 0) is 24.3 Å². The Bertz CT molecular complexity index is 742. The fourth-order valence-electron chi connectivity index (χ4n) is 1.32. The molecule has 2 rings (SSSR count). The second-order valence-corrected chi connectivity index (χ2v) is 6.38. The lowest BCUT2D eigenvalue weighted by Gasteiger charge is -2.05. The molecule has 112 valence electrons. The predicted molar refractivity (Wildman–Crippen MR) is 74.7 cm³/mol. The second kappa shape index (κ2) is 6.10. The van der Waals surface area contributed by atoms with Gasteiger partial charge in [0, 0.05) is 17.0 Å². The van der Waals surface area contributed by atoms with E-state index >= 15 is 0 Å². The molecule has 0 fully saturated rings. The number of nitrogens with zero attached hydrogens (tertiary/aromatic N) is 2. The average Bonchev–Trinajstić information content (AvgIpc) is 2.88. The van der Waals surface area contributed by atoms with Crippen LogP contribution < -0.4 is 10.6 Å². The number of hydrogen-bond donors (Lipinski definition) is 2. The third kappa shape index (κ3) is 4.43. The Hall–Kier alpha value is -2.13. The first kappa shape index (κ1) is 15.3. The van der Waals surface area contributed by atoms with Gasteiger partial charge in [-0.25, -0.2) is 13.2 Å². The molecule has 0 bridgehead atoms. The van der Waals surface area contributed by atoms with Crippen LogP contribution in [0.1, 0.15) is 5.89 Å². The Labute approximate surface area is 125 Å². The second-order valence-electron chi connectivity index (χ2n) is 4.05. The van der Waals surface area contributed by atoms with E-state index in [1.165, 1.54) is 0 Å². The number of benzene rings is 1. The highest BCUT2D eigenvalue weighted by molar-refractivity contribution is 7.90. The normalized spacial score (nSPS) is 11.1. The van der Waals surface area contributed by atoms with E-state index < -0.39 is 21.1 Å². The smallest absolute Gasteiger partial charge is 0.335 e. The number of carbonyl (C=O) groups excluding carboxylic acids is 1. The number of urea groups is 1. The third-order valence-corrected chi connectivity index (χ3v) is 3.32. The summed E-state index contributed by atoms with van der Waals surface area (Å²) in [5.41, 5.74) is 0.555. The first-order valence-corrected chi connectivity index (χ1v) is 7.94. The fourth-order valence-corrected chi connectivity index (χ4v) is 1.89. The SMILES string of the molecule is CS(=O)(=O)c1nnc(CNC(=O)Nc2ccc(Cl)cc2)o1. The van der Waals surface area contributed by atoms with Crippen molar-refractivity contribution >= 4 is 33.2 Å². The zero-order valence-corrected chi connectivity index (χ0v) is 12.4. The summed E-state index contributed by atoms with van der Waals surface area (Å²) in [4.78, 5) is 11.6. The molecule has 8 nitrogen and oxygen atoms in total. The Morgan fingerprint density at radius 3 is 2.52 bits per heavy atom. The van der Waals surface area contributed by atoms with Gasteiger partial charge in [-0.2, -0.15) is 0 Å². The van der Waals surface area contributed by atoms with Gasteiger partial charge in [0.1, 0.15) is 0 Å². The summed E-state index contributed by atoms with van der Waals surface area (Å²) in [6.07, 6.45) is 0.949. The Balaban J connectivity index is 1.89. The zero-order valence-electron chi connectivity index (χ0n) is 10.8. The van der Waals surface area contributed by atoms with E-state index in [4.69, 9.17) is 16.0 Å². The van der Waals surface area contributed by atoms with Gasteiger partial charge >= 0.3 is 11.3 Å². The van der Waals surface area contributed by atoms with Crippen molar-refractivity contribution in [1.82, 2.24) is 15.5 Å². The van der Waals surface area contributed by atoms with E-state index in [9.17, 15) is 13.2 Å². The molecule has 0 aliphatic carbocycles. The van der Waals surface area contributed by atoms with Crippen LogP contribution in [0.25, 0.3) is 0 Å². The monoisotopic (exact) mass is 330 g/mol. The molecule has 0 saturated heterocycles. The molecule has 0 atom stereocenters. The van der Waals surface area contributed by atoms with Crippen LogP contribution in [0, 0.1) is 0 Å². The molecule has 0 aliphatic heterocycles. The van der Waals surface area contributed by atoms with Crippen LogP contribution in [-0.4, -0.2) is 30.9 Å². The number of nitrogens with one attached hydrogen (secondary N) is 2. The van der Waals surface area contributed by atoms with Gasteiger partial charge in [-0.15, -0.1) is 5.10 Å². The van der Waals surface area contributed by atoms with Crippen molar-refractivity contribution in [2.75, 3.05) is 11.6 Å². The minimum atomic E-state index is -3.55. The molecule has 2 amide bonds. The van der Waals surface area contributed by atoms with Gasteiger partial charge in [0.05, 0.1) is 6.54 Å². The van der Waals surface area contributed by atoms with Crippen LogP contribution >= 0.6 is 11.6 Å². The Kier molecular flexibility index (Phi) is 4.43. The molecular weight excluding hydrogens is 320 g/mol. The Morgan fingerprint density at radius 1 is 1.29 bits per heavy atom. The molecular formula is C11H11ClN4O4S. The Morgan fingerprint density at radius 2 is 1.95 bits per heavy atom. The minimum Gasteiger partial charge on any atom is -0.411 e. The maximum absolute atomic E-state index is 11.6. The fraction of sp³-hybridized carbons (Fsp3) is 0.182. The average molecular weight is 331 g/mol. The van der Waals surface area contributed by atoms with Crippen LogP contribution in [0.2, 0.25) is 5.02 Å². The molecule has 10 heteroatoms. The van der Waals surface area contributed by atoms with Crippen molar-refractivity contribution < 1.29 is 17.6 Å². The zero-order chi connectivity index (χ0) is 15.5. The van der Waals surface area contributed by atoms with Crippen molar-refractivity contribution in [3.05, 3.63) is 35.2 Å². The largest absolute Gasteiger partial charge is 0.411 e. The quantitative estimate of drug-likeness (QED) is 0.876. The van der Waals surface area contributed by atoms with E-state index in [2.05, 4.69) is 20.8 Å². The van der Waals surface area contributed by atoms with Crippen LogP contribution in [-0.2, 0) is 16.4 Å². The summed E-state index contributed by atoms with van der Waals surface area (Å²) in [6, 6.07) is 6.03. The number of amides is 2. The van der Waals surface area contributed by atoms with E-state index in [0.29, 0.717) is 10.7 Å². The summed E-state index contributed by atoms with van der Waals surface area (Å²) in [7, 11) is -3.55. The van der Waals surface area contributed by atoms with Gasteiger partial charge < -0.3 is 15.1 Å². The minimum absolute atomic E-state index is 0.0123.